The van der Waals surface area contributed by atoms with Gasteiger partial charge in [-0.25, -0.2) is 4.79 Å². The smallest absolute Gasteiger partial charge is 0.410 e. The topological polar surface area (TPSA) is 55.6 Å². The maximum atomic E-state index is 12.0. The summed E-state index contributed by atoms with van der Waals surface area (Å²) in [5.41, 5.74) is 5.35. The number of piperidine rings is 1. The summed E-state index contributed by atoms with van der Waals surface area (Å²) in [6, 6.07) is 0. The third-order valence-corrected chi connectivity index (χ3v) is 3.62. The first-order chi connectivity index (χ1) is 8.15. The predicted molar refractivity (Wildman–Crippen MR) is 73.4 cm³/mol. The van der Waals surface area contributed by atoms with Gasteiger partial charge in [0.05, 0.1) is 0 Å². The fourth-order valence-electron chi connectivity index (χ4n) is 2.62. The van der Waals surface area contributed by atoms with Gasteiger partial charge in [0.2, 0.25) is 0 Å². The largest absolute Gasteiger partial charge is 0.444 e. The Hall–Kier alpha value is -0.770. The van der Waals surface area contributed by atoms with Crippen LogP contribution >= 0.6 is 0 Å². The molecule has 1 aliphatic heterocycles. The zero-order chi connectivity index (χ0) is 14.0. The second-order valence-electron chi connectivity index (χ2n) is 6.95. The summed E-state index contributed by atoms with van der Waals surface area (Å²) in [7, 11) is 0. The molecule has 18 heavy (non-hydrogen) atoms. The third-order valence-electron chi connectivity index (χ3n) is 3.62. The van der Waals surface area contributed by atoms with Crippen molar-refractivity contribution in [2.75, 3.05) is 19.6 Å². The Labute approximate surface area is 111 Å². The number of nitrogens with zero attached hydrogens (tertiary/aromatic N) is 1. The van der Waals surface area contributed by atoms with Crippen molar-refractivity contribution in [3.8, 4) is 0 Å². The molecule has 0 aromatic carbocycles. The van der Waals surface area contributed by atoms with Crippen LogP contribution in [0.4, 0.5) is 4.79 Å². The molecule has 0 spiro atoms. The molecule has 1 unspecified atom stereocenters. The standard InChI is InChI=1S/C14H28N2O2/c1-13(2,3)18-12(17)16-9-7-11(6-8-15)14(4,5)10-16/h11H,6-10,15H2,1-5H3. The summed E-state index contributed by atoms with van der Waals surface area (Å²) >= 11 is 0. The Bertz CT molecular complexity index is 295. The number of nitrogens with two attached hydrogens (primary N) is 1. The fraction of sp³-hybridized carbons (Fsp3) is 0.929. The monoisotopic (exact) mass is 256 g/mol. The molecule has 1 amide bonds. The highest BCUT2D eigenvalue weighted by Crippen LogP contribution is 2.37. The molecule has 0 aliphatic carbocycles. The summed E-state index contributed by atoms with van der Waals surface area (Å²) < 4.78 is 5.43. The zero-order valence-corrected chi connectivity index (χ0v) is 12.5. The van der Waals surface area contributed by atoms with Gasteiger partial charge in [0.1, 0.15) is 5.60 Å². The van der Waals surface area contributed by atoms with Crippen molar-refractivity contribution in [3.05, 3.63) is 0 Å². The van der Waals surface area contributed by atoms with Crippen molar-refractivity contribution < 1.29 is 9.53 Å². The summed E-state index contributed by atoms with van der Waals surface area (Å²) in [4.78, 5) is 13.9. The number of rotatable bonds is 2. The minimum atomic E-state index is -0.421. The van der Waals surface area contributed by atoms with Gasteiger partial charge < -0.3 is 15.4 Å². The van der Waals surface area contributed by atoms with E-state index in [1.807, 2.05) is 25.7 Å². The lowest BCUT2D eigenvalue weighted by atomic mass is 9.72. The van der Waals surface area contributed by atoms with Crippen LogP contribution in [-0.2, 0) is 4.74 Å². The number of amides is 1. The van der Waals surface area contributed by atoms with E-state index in [4.69, 9.17) is 10.5 Å². The van der Waals surface area contributed by atoms with Crippen molar-refractivity contribution in [1.29, 1.82) is 0 Å². The quantitative estimate of drug-likeness (QED) is 0.826. The van der Waals surface area contributed by atoms with E-state index in [0.717, 1.165) is 32.5 Å². The van der Waals surface area contributed by atoms with Crippen molar-refractivity contribution in [2.24, 2.45) is 17.1 Å². The highest BCUT2D eigenvalue weighted by Gasteiger charge is 2.38. The van der Waals surface area contributed by atoms with E-state index in [9.17, 15) is 4.79 Å². The molecule has 0 bridgehead atoms. The first-order valence-corrected chi connectivity index (χ1v) is 6.84. The van der Waals surface area contributed by atoms with Gasteiger partial charge >= 0.3 is 6.09 Å². The molecule has 0 radical (unpaired) electrons. The lowest BCUT2D eigenvalue weighted by Gasteiger charge is -2.44. The van der Waals surface area contributed by atoms with E-state index in [1.165, 1.54) is 0 Å². The SMILES string of the molecule is CC(C)(C)OC(=O)N1CCC(CCN)C(C)(C)C1. The van der Waals surface area contributed by atoms with E-state index < -0.39 is 5.60 Å². The van der Waals surface area contributed by atoms with Gasteiger partial charge in [0, 0.05) is 13.1 Å². The van der Waals surface area contributed by atoms with Crippen molar-refractivity contribution in [3.63, 3.8) is 0 Å². The lowest BCUT2D eigenvalue weighted by molar-refractivity contribution is -0.00500. The summed E-state index contributed by atoms with van der Waals surface area (Å²) in [5, 5.41) is 0. The molecule has 4 heteroatoms. The minimum Gasteiger partial charge on any atom is -0.444 e. The second kappa shape index (κ2) is 5.47. The first-order valence-electron chi connectivity index (χ1n) is 6.84. The van der Waals surface area contributed by atoms with Crippen LogP contribution in [0.15, 0.2) is 0 Å². The van der Waals surface area contributed by atoms with E-state index in [0.29, 0.717) is 5.92 Å². The number of carbonyl (C=O) groups excluding carboxylic acids is 1. The third kappa shape index (κ3) is 4.16. The Kier molecular flexibility index (Phi) is 4.65. The minimum absolute atomic E-state index is 0.120. The van der Waals surface area contributed by atoms with Crippen molar-refractivity contribution in [2.45, 2.75) is 53.1 Å². The van der Waals surface area contributed by atoms with Gasteiger partial charge in [-0.2, -0.15) is 0 Å². The van der Waals surface area contributed by atoms with Crippen LogP contribution in [0.3, 0.4) is 0 Å². The summed E-state index contributed by atoms with van der Waals surface area (Å²) in [6.45, 7) is 12.4. The van der Waals surface area contributed by atoms with Crippen LogP contribution < -0.4 is 5.73 Å². The molecular formula is C14H28N2O2. The van der Waals surface area contributed by atoms with Gasteiger partial charge in [-0.05, 0) is 51.5 Å². The van der Waals surface area contributed by atoms with Crippen LogP contribution in [-0.4, -0.2) is 36.2 Å². The maximum absolute atomic E-state index is 12.0. The number of ether oxygens (including phenoxy) is 1. The van der Waals surface area contributed by atoms with Gasteiger partial charge in [-0.3, -0.25) is 0 Å². The maximum Gasteiger partial charge on any atom is 0.410 e. The van der Waals surface area contributed by atoms with Crippen LogP contribution in [0.1, 0.15) is 47.5 Å². The molecule has 1 saturated heterocycles. The Balaban J connectivity index is 2.60. The highest BCUT2D eigenvalue weighted by molar-refractivity contribution is 5.68. The molecule has 0 aromatic rings. The Morgan fingerprint density at radius 2 is 2.06 bits per heavy atom. The molecular weight excluding hydrogens is 228 g/mol. The van der Waals surface area contributed by atoms with E-state index in [2.05, 4.69) is 13.8 Å². The average molecular weight is 256 g/mol. The van der Waals surface area contributed by atoms with Crippen LogP contribution in [0, 0.1) is 11.3 Å². The molecule has 2 N–H and O–H groups in total. The van der Waals surface area contributed by atoms with Crippen LogP contribution in [0.5, 0.6) is 0 Å². The van der Waals surface area contributed by atoms with E-state index in [-0.39, 0.29) is 11.5 Å². The van der Waals surface area contributed by atoms with Gasteiger partial charge in [-0.1, -0.05) is 13.8 Å². The molecule has 1 aliphatic rings. The molecule has 4 nitrogen and oxygen atoms in total. The second-order valence-corrected chi connectivity index (χ2v) is 6.95. The summed E-state index contributed by atoms with van der Waals surface area (Å²) in [5.74, 6) is 0.598. The average Bonchev–Trinajstić information content (AvgIpc) is 2.18. The first kappa shape index (κ1) is 15.3. The lowest BCUT2D eigenvalue weighted by Crippen LogP contribution is -2.49. The van der Waals surface area contributed by atoms with Crippen molar-refractivity contribution in [1.82, 2.24) is 4.90 Å². The molecule has 1 rings (SSSR count). The van der Waals surface area contributed by atoms with Gasteiger partial charge in [0.15, 0.2) is 0 Å². The molecule has 1 atom stereocenters. The number of carbonyl (C=O) groups is 1. The zero-order valence-electron chi connectivity index (χ0n) is 12.5. The molecule has 0 saturated carbocycles. The number of hydrogen-bond acceptors (Lipinski definition) is 3. The van der Waals surface area contributed by atoms with Crippen LogP contribution in [0.2, 0.25) is 0 Å². The van der Waals surface area contributed by atoms with Gasteiger partial charge in [0.25, 0.3) is 0 Å². The van der Waals surface area contributed by atoms with Crippen LogP contribution in [0.25, 0.3) is 0 Å². The molecule has 1 heterocycles. The van der Waals surface area contributed by atoms with E-state index >= 15 is 0 Å². The fourth-order valence-corrected chi connectivity index (χ4v) is 2.62. The van der Waals surface area contributed by atoms with Gasteiger partial charge in [-0.15, -0.1) is 0 Å². The molecule has 0 aromatic heterocycles. The number of hydrogen-bond donors (Lipinski definition) is 1. The Morgan fingerprint density at radius 3 is 2.50 bits per heavy atom. The highest BCUT2D eigenvalue weighted by atomic mass is 16.6. The van der Waals surface area contributed by atoms with Crippen molar-refractivity contribution >= 4 is 6.09 Å². The summed E-state index contributed by atoms with van der Waals surface area (Å²) in [6.07, 6.45) is 1.86. The molecule has 1 fully saturated rings. The number of likely N-dealkylation sites (tertiary alicyclic amines) is 1. The molecule has 106 valence electrons. The normalized spacial score (nSPS) is 23.9. The van der Waals surface area contributed by atoms with E-state index in [1.54, 1.807) is 0 Å². The Morgan fingerprint density at radius 1 is 1.44 bits per heavy atom. The predicted octanol–water partition coefficient (Wildman–Crippen LogP) is 2.62.